The molecule has 1 fully saturated rings. The fraction of sp³-hybridized carbons (Fsp3) is 0.900. The first-order valence-electron chi connectivity index (χ1n) is 5.39. The highest BCUT2D eigenvalue weighted by atomic mass is 16.4. The van der Waals surface area contributed by atoms with Crippen LogP contribution in [0.3, 0.4) is 0 Å². The summed E-state index contributed by atoms with van der Waals surface area (Å²) in [4.78, 5) is 0. The monoisotopic (exact) mass is 199 g/mol. The van der Waals surface area contributed by atoms with Crippen LogP contribution in [0, 0.1) is 11.8 Å². The molecule has 1 saturated carbocycles. The van der Waals surface area contributed by atoms with Crippen LogP contribution in [0.1, 0.15) is 32.6 Å². The van der Waals surface area contributed by atoms with Gasteiger partial charge in [-0.05, 0) is 31.2 Å². The fourth-order valence-electron chi connectivity index (χ4n) is 1.97. The van der Waals surface area contributed by atoms with Gasteiger partial charge >= 0.3 is 0 Å². The molecule has 1 aliphatic rings. The quantitative estimate of drug-likeness (QED) is 0.275. The van der Waals surface area contributed by atoms with Gasteiger partial charge in [0.05, 0.1) is 6.54 Å². The van der Waals surface area contributed by atoms with E-state index >= 15 is 0 Å². The lowest BCUT2D eigenvalue weighted by atomic mass is 9.83. The third kappa shape index (κ3) is 3.96. The second-order valence-corrected chi connectivity index (χ2v) is 4.35. The molecule has 0 aromatic carbocycles. The average molecular weight is 199 g/mol. The molecule has 0 bridgehead atoms. The molecule has 0 spiro atoms. The molecule has 0 radical (unpaired) electrons. The summed E-state index contributed by atoms with van der Waals surface area (Å²) in [5.74, 6) is 1.93. The highest BCUT2D eigenvalue weighted by Crippen LogP contribution is 2.27. The SMILES string of the molecule is CC1CCC(CNCC(N)=NO)CC1. The Bertz CT molecular complexity index is 186. The molecule has 0 unspecified atom stereocenters. The van der Waals surface area contributed by atoms with Crippen molar-refractivity contribution in [3.8, 4) is 0 Å². The lowest BCUT2D eigenvalue weighted by molar-refractivity contribution is 0.283. The first kappa shape index (κ1) is 11.3. The normalized spacial score (nSPS) is 29.1. The van der Waals surface area contributed by atoms with E-state index in [-0.39, 0.29) is 5.84 Å². The molecule has 0 heterocycles. The minimum atomic E-state index is 0.258. The van der Waals surface area contributed by atoms with Crippen molar-refractivity contribution in [3.63, 3.8) is 0 Å². The molecule has 1 rings (SSSR count). The Labute approximate surface area is 85.6 Å². The van der Waals surface area contributed by atoms with Crippen molar-refractivity contribution in [2.75, 3.05) is 13.1 Å². The Morgan fingerprint density at radius 3 is 2.64 bits per heavy atom. The molecule has 0 aliphatic heterocycles. The summed E-state index contributed by atoms with van der Waals surface area (Å²) in [6, 6.07) is 0. The second kappa shape index (κ2) is 5.86. The lowest BCUT2D eigenvalue weighted by Crippen LogP contribution is -2.33. The van der Waals surface area contributed by atoms with E-state index in [9.17, 15) is 0 Å². The Hall–Kier alpha value is -0.770. The van der Waals surface area contributed by atoms with Gasteiger partial charge in [-0.25, -0.2) is 0 Å². The molecule has 1 aliphatic carbocycles. The van der Waals surface area contributed by atoms with Gasteiger partial charge in [-0.15, -0.1) is 0 Å². The predicted octanol–water partition coefficient (Wildman–Crippen LogP) is 1.15. The number of amidine groups is 1. The van der Waals surface area contributed by atoms with E-state index in [1.807, 2.05) is 0 Å². The van der Waals surface area contributed by atoms with Gasteiger partial charge in [0.25, 0.3) is 0 Å². The fourth-order valence-corrected chi connectivity index (χ4v) is 1.97. The van der Waals surface area contributed by atoms with Crippen molar-refractivity contribution in [3.05, 3.63) is 0 Å². The van der Waals surface area contributed by atoms with E-state index in [0.717, 1.165) is 18.4 Å². The molecule has 0 amide bonds. The largest absolute Gasteiger partial charge is 0.409 e. The maximum Gasteiger partial charge on any atom is 0.153 e. The van der Waals surface area contributed by atoms with E-state index in [0.29, 0.717) is 6.54 Å². The van der Waals surface area contributed by atoms with Crippen LogP contribution < -0.4 is 11.1 Å². The Kier molecular flexibility index (Phi) is 4.73. The third-order valence-corrected chi connectivity index (χ3v) is 3.00. The number of nitrogens with two attached hydrogens (primary N) is 1. The van der Waals surface area contributed by atoms with Crippen LogP contribution in [0.2, 0.25) is 0 Å². The zero-order chi connectivity index (χ0) is 10.4. The van der Waals surface area contributed by atoms with Crippen LogP contribution in [-0.4, -0.2) is 24.1 Å². The number of rotatable bonds is 4. The Balaban J connectivity index is 2.07. The maximum atomic E-state index is 8.33. The number of oxime groups is 1. The summed E-state index contributed by atoms with van der Waals surface area (Å²) in [5, 5.41) is 14.4. The second-order valence-electron chi connectivity index (χ2n) is 4.35. The smallest absolute Gasteiger partial charge is 0.153 e. The molecule has 0 atom stereocenters. The summed E-state index contributed by atoms with van der Waals surface area (Å²) >= 11 is 0. The maximum absolute atomic E-state index is 8.33. The van der Waals surface area contributed by atoms with Crippen molar-refractivity contribution in [2.24, 2.45) is 22.7 Å². The van der Waals surface area contributed by atoms with Gasteiger partial charge in [-0.2, -0.15) is 0 Å². The number of hydrogen-bond acceptors (Lipinski definition) is 3. The van der Waals surface area contributed by atoms with E-state index in [1.165, 1.54) is 25.7 Å². The molecular weight excluding hydrogens is 178 g/mol. The van der Waals surface area contributed by atoms with Gasteiger partial charge in [-0.3, -0.25) is 0 Å². The summed E-state index contributed by atoms with van der Waals surface area (Å²) in [6.45, 7) is 3.80. The number of nitrogens with zero attached hydrogens (tertiary/aromatic N) is 1. The van der Waals surface area contributed by atoms with E-state index < -0.39 is 0 Å². The standard InChI is InChI=1S/C10H21N3O/c1-8-2-4-9(5-3-8)6-12-7-10(11)13-14/h8-9,12,14H,2-7H2,1H3,(H2,11,13). The van der Waals surface area contributed by atoms with E-state index in [1.54, 1.807) is 0 Å². The van der Waals surface area contributed by atoms with Crippen LogP contribution >= 0.6 is 0 Å². The van der Waals surface area contributed by atoms with Crippen molar-refractivity contribution in [1.29, 1.82) is 0 Å². The molecule has 4 N–H and O–H groups in total. The zero-order valence-corrected chi connectivity index (χ0v) is 8.87. The molecule has 0 aromatic heterocycles. The van der Waals surface area contributed by atoms with Crippen molar-refractivity contribution < 1.29 is 5.21 Å². The molecule has 0 aromatic rings. The summed E-state index contributed by atoms with van der Waals surface area (Å²) in [5.41, 5.74) is 5.35. The summed E-state index contributed by atoms with van der Waals surface area (Å²) in [6.07, 6.45) is 5.31. The first-order valence-corrected chi connectivity index (χ1v) is 5.39. The van der Waals surface area contributed by atoms with Gasteiger partial charge in [0.2, 0.25) is 0 Å². The van der Waals surface area contributed by atoms with E-state index in [2.05, 4.69) is 17.4 Å². The molecule has 4 heteroatoms. The van der Waals surface area contributed by atoms with Crippen LogP contribution in [0.25, 0.3) is 0 Å². The van der Waals surface area contributed by atoms with Crippen LogP contribution in [0.5, 0.6) is 0 Å². The predicted molar refractivity (Wildman–Crippen MR) is 57.4 cm³/mol. The van der Waals surface area contributed by atoms with Gasteiger partial charge in [0, 0.05) is 0 Å². The van der Waals surface area contributed by atoms with Gasteiger partial charge in [-0.1, -0.05) is 24.9 Å². The van der Waals surface area contributed by atoms with Crippen LogP contribution in [-0.2, 0) is 0 Å². The topological polar surface area (TPSA) is 70.6 Å². The Morgan fingerprint density at radius 2 is 2.07 bits per heavy atom. The highest BCUT2D eigenvalue weighted by Gasteiger charge is 2.17. The summed E-state index contributed by atoms with van der Waals surface area (Å²) in [7, 11) is 0. The van der Waals surface area contributed by atoms with Crippen LogP contribution in [0.15, 0.2) is 5.16 Å². The zero-order valence-electron chi connectivity index (χ0n) is 8.87. The van der Waals surface area contributed by atoms with Crippen molar-refractivity contribution in [2.45, 2.75) is 32.6 Å². The minimum absolute atomic E-state index is 0.258. The number of nitrogens with one attached hydrogen (secondary N) is 1. The molecule has 14 heavy (non-hydrogen) atoms. The molecule has 4 nitrogen and oxygen atoms in total. The average Bonchev–Trinajstić information content (AvgIpc) is 2.21. The highest BCUT2D eigenvalue weighted by molar-refractivity contribution is 5.81. The lowest BCUT2D eigenvalue weighted by Gasteiger charge is -2.26. The van der Waals surface area contributed by atoms with Crippen molar-refractivity contribution >= 4 is 5.84 Å². The summed E-state index contributed by atoms with van der Waals surface area (Å²) < 4.78 is 0. The Morgan fingerprint density at radius 1 is 1.43 bits per heavy atom. The molecular formula is C10H21N3O. The van der Waals surface area contributed by atoms with E-state index in [4.69, 9.17) is 10.9 Å². The van der Waals surface area contributed by atoms with Crippen molar-refractivity contribution in [1.82, 2.24) is 5.32 Å². The third-order valence-electron chi connectivity index (χ3n) is 3.00. The molecule has 0 saturated heterocycles. The van der Waals surface area contributed by atoms with Gasteiger partial charge in [0.1, 0.15) is 0 Å². The number of hydrogen-bond donors (Lipinski definition) is 3. The first-order chi connectivity index (χ1) is 6.72. The van der Waals surface area contributed by atoms with Gasteiger partial charge < -0.3 is 16.3 Å². The van der Waals surface area contributed by atoms with Gasteiger partial charge in [0.15, 0.2) is 5.84 Å². The van der Waals surface area contributed by atoms with Crippen LogP contribution in [0.4, 0.5) is 0 Å². The minimum Gasteiger partial charge on any atom is -0.409 e. The molecule has 82 valence electrons.